The molecule has 1 atom stereocenters. The molecule has 0 aliphatic carbocycles. The second kappa shape index (κ2) is 6.95. The molecule has 0 saturated carbocycles. The Morgan fingerprint density at radius 2 is 2.00 bits per heavy atom. The van der Waals surface area contributed by atoms with E-state index in [2.05, 4.69) is 20.3 Å². The minimum atomic E-state index is -0.513. The fraction of sp³-hybridized carbons (Fsp3) is 0.444. The van der Waals surface area contributed by atoms with Gasteiger partial charge in [-0.3, -0.25) is 9.78 Å². The van der Waals surface area contributed by atoms with E-state index in [1.54, 1.807) is 6.07 Å². The Labute approximate surface area is 141 Å². The largest absolute Gasteiger partial charge is 0.348 e. The molecule has 0 aliphatic rings. The normalized spacial score (nSPS) is 12.7. The molecule has 24 heavy (non-hydrogen) atoms. The van der Waals surface area contributed by atoms with Crippen LogP contribution < -0.4 is 11.0 Å². The first kappa shape index (κ1) is 17.8. The van der Waals surface area contributed by atoms with Gasteiger partial charge < -0.3 is 10.3 Å². The van der Waals surface area contributed by atoms with Crippen molar-refractivity contribution in [1.29, 1.82) is 0 Å². The Hall–Kier alpha value is -2.50. The first-order valence-electron chi connectivity index (χ1n) is 8.00. The standard InChI is InChI=1S/C18H24N4O2/c1-11-7-6-8-13(19-11)9-12(2)20-16(23)14-10-15(18(3,4)5)22-17(24)21-14/h6-8,10,12H,9H2,1-5H3,(H,20,23)(H,21,22,24). The minimum absolute atomic E-state index is 0.119. The van der Waals surface area contributed by atoms with Gasteiger partial charge in [-0.2, -0.15) is 4.98 Å². The van der Waals surface area contributed by atoms with Crippen LogP contribution in [0.5, 0.6) is 0 Å². The molecule has 0 aliphatic heterocycles. The topological polar surface area (TPSA) is 87.7 Å². The number of hydrogen-bond acceptors (Lipinski definition) is 4. The van der Waals surface area contributed by atoms with Crippen LogP contribution in [-0.2, 0) is 11.8 Å². The van der Waals surface area contributed by atoms with Crippen LogP contribution in [0.4, 0.5) is 0 Å². The molecule has 2 aromatic heterocycles. The fourth-order valence-electron chi connectivity index (χ4n) is 2.35. The Bertz CT molecular complexity index is 790. The number of amides is 1. The Kier molecular flexibility index (Phi) is 5.17. The number of carbonyl (C=O) groups is 1. The quantitative estimate of drug-likeness (QED) is 0.900. The van der Waals surface area contributed by atoms with Crippen LogP contribution in [0.1, 0.15) is 55.3 Å². The molecule has 1 amide bonds. The Morgan fingerprint density at radius 3 is 2.62 bits per heavy atom. The lowest BCUT2D eigenvalue weighted by Crippen LogP contribution is -2.36. The SMILES string of the molecule is Cc1cccc(CC(C)NC(=O)c2cc(C(C)(C)C)[nH]c(=O)n2)n1. The Balaban J connectivity index is 2.12. The van der Waals surface area contributed by atoms with Gasteiger partial charge in [0, 0.05) is 35.0 Å². The molecule has 1 unspecified atom stereocenters. The summed E-state index contributed by atoms with van der Waals surface area (Å²) in [6.45, 7) is 9.73. The van der Waals surface area contributed by atoms with Gasteiger partial charge in [-0.05, 0) is 32.0 Å². The van der Waals surface area contributed by atoms with Gasteiger partial charge in [0.1, 0.15) is 5.69 Å². The summed E-state index contributed by atoms with van der Waals surface area (Å²) in [5, 5.41) is 2.88. The molecule has 6 nitrogen and oxygen atoms in total. The molecule has 0 saturated heterocycles. The number of H-pyrrole nitrogens is 1. The summed E-state index contributed by atoms with van der Waals surface area (Å²) in [4.78, 5) is 35.0. The summed E-state index contributed by atoms with van der Waals surface area (Å²) in [5.41, 5.74) is 1.89. The maximum atomic E-state index is 12.4. The molecule has 0 bridgehead atoms. The van der Waals surface area contributed by atoms with Crippen LogP contribution in [0.2, 0.25) is 0 Å². The van der Waals surface area contributed by atoms with E-state index in [-0.39, 0.29) is 23.1 Å². The molecular formula is C18H24N4O2. The van der Waals surface area contributed by atoms with Crippen molar-refractivity contribution in [2.75, 3.05) is 0 Å². The number of rotatable bonds is 4. The zero-order chi connectivity index (χ0) is 17.9. The summed E-state index contributed by atoms with van der Waals surface area (Å²) in [7, 11) is 0. The monoisotopic (exact) mass is 328 g/mol. The van der Waals surface area contributed by atoms with Gasteiger partial charge >= 0.3 is 5.69 Å². The lowest BCUT2D eigenvalue weighted by molar-refractivity contribution is 0.0934. The lowest BCUT2D eigenvalue weighted by Gasteiger charge is -2.19. The number of aryl methyl sites for hydroxylation is 1. The average Bonchev–Trinajstić information content (AvgIpc) is 2.45. The van der Waals surface area contributed by atoms with E-state index in [1.165, 1.54) is 0 Å². The maximum absolute atomic E-state index is 12.4. The van der Waals surface area contributed by atoms with Crippen LogP contribution in [0, 0.1) is 6.92 Å². The lowest BCUT2D eigenvalue weighted by atomic mass is 9.91. The number of aromatic amines is 1. The van der Waals surface area contributed by atoms with Crippen LogP contribution in [0.15, 0.2) is 29.1 Å². The zero-order valence-electron chi connectivity index (χ0n) is 14.8. The molecule has 2 heterocycles. The maximum Gasteiger partial charge on any atom is 0.345 e. The van der Waals surface area contributed by atoms with E-state index in [0.717, 1.165) is 11.4 Å². The van der Waals surface area contributed by atoms with Crippen molar-refractivity contribution < 1.29 is 4.79 Å². The van der Waals surface area contributed by atoms with Gasteiger partial charge in [-0.1, -0.05) is 26.8 Å². The van der Waals surface area contributed by atoms with Crippen molar-refractivity contribution >= 4 is 5.91 Å². The number of hydrogen-bond donors (Lipinski definition) is 2. The minimum Gasteiger partial charge on any atom is -0.348 e. The molecule has 128 valence electrons. The van der Waals surface area contributed by atoms with Gasteiger partial charge in [0.25, 0.3) is 5.91 Å². The molecule has 2 N–H and O–H groups in total. The highest BCUT2D eigenvalue weighted by molar-refractivity contribution is 5.92. The van der Waals surface area contributed by atoms with Gasteiger partial charge in [-0.15, -0.1) is 0 Å². The number of nitrogens with one attached hydrogen (secondary N) is 2. The predicted molar refractivity (Wildman–Crippen MR) is 93.2 cm³/mol. The fourth-order valence-corrected chi connectivity index (χ4v) is 2.35. The number of carbonyl (C=O) groups excluding carboxylic acids is 1. The summed E-state index contributed by atoms with van der Waals surface area (Å²) in [5.74, 6) is -0.355. The van der Waals surface area contributed by atoms with Crippen molar-refractivity contribution in [2.45, 2.75) is 52.5 Å². The van der Waals surface area contributed by atoms with E-state index < -0.39 is 5.69 Å². The first-order chi connectivity index (χ1) is 11.1. The van der Waals surface area contributed by atoms with Crippen molar-refractivity contribution in [3.63, 3.8) is 0 Å². The third-order valence-electron chi connectivity index (χ3n) is 3.62. The molecule has 2 aromatic rings. The van der Waals surface area contributed by atoms with Crippen LogP contribution in [0.3, 0.4) is 0 Å². The molecule has 0 spiro atoms. The van der Waals surface area contributed by atoms with E-state index >= 15 is 0 Å². The number of aromatic nitrogens is 3. The molecule has 0 aromatic carbocycles. The van der Waals surface area contributed by atoms with Crippen LogP contribution in [0.25, 0.3) is 0 Å². The number of nitrogens with zero attached hydrogens (tertiary/aromatic N) is 2. The van der Waals surface area contributed by atoms with Crippen molar-refractivity contribution in [1.82, 2.24) is 20.3 Å². The smallest absolute Gasteiger partial charge is 0.345 e. The highest BCUT2D eigenvalue weighted by atomic mass is 16.2. The van der Waals surface area contributed by atoms with Crippen LogP contribution in [-0.4, -0.2) is 26.9 Å². The molecule has 0 fully saturated rings. The number of pyridine rings is 1. The molecular weight excluding hydrogens is 304 g/mol. The summed E-state index contributed by atoms with van der Waals surface area (Å²) >= 11 is 0. The summed E-state index contributed by atoms with van der Waals surface area (Å²) in [6.07, 6.45) is 0.614. The molecule has 0 radical (unpaired) electrons. The van der Waals surface area contributed by atoms with Crippen molar-refractivity contribution in [2.24, 2.45) is 0 Å². The van der Waals surface area contributed by atoms with Gasteiger partial charge in [0.05, 0.1) is 0 Å². The van der Waals surface area contributed by atoms with E-state index in [0.29, 0.717) is 12.1 Å². The van der Waals surface area contributed by atoms with E-state index in [9.17, 15) is 9.59 Å². The second-order valence-corrected chi connectivity index (χ2v) is 7.08. The van der Waals surface area contributed by atoms with E-state index in [1.807, 2.05) is 52.8 Å². The second-order valence-electron chi connectivity index (χ2n) is 7.08. The zero-order valence-corrected chi connectivity index (χ0v) is 14.8. The van der Waals surface area contributed by atoms with E-state index in [4.69, 9.17) is 0 Å². The first-order valence-corrected chi connectivity index (χ1v) is 8.00. The highest BCUT2D eigenvalue weighted by Crippen LogP contribution is 2.18. The summed E-state index contributed by atoms with van der Waals surface area (Å²) in [6, 6.07) is 7.32. The van der Waals surface area contributed by atoms with Gasteiger partial charge in [0.15, 0.2) is 0 Å². The highest BCUT2D eigenvalue weighted by Gasteiger charge is 2.19. The molecule has 2 rings (SSSR count). The Morgan fingerprint density at radius 1 is 1.29 bits per heavy atom. The third-order valence-corrected chi connectivity index (χ3v) is 3.62. The van der Waals surface area contributed by atoms with Gasteiger partial charge in [0.2, 0.25) is 0 Å². The van der Waals surface area contributed by atoms with Gasteiger partial charge in [-0.25, -0.2) is 4.79 Å². The average molecular weight is 328 g/mol. The third kappa shape index (κ3) is 4.75. The van der Waals surface area contributed by atoms with Crippen molar-refractivity contribution in [3.05, 3.63) is 57.5 Å². The van der Waals surface area contributed by atoms with Crippen LogP contribution >= 0.6 is 0 Å². The molecule has 6 heteroatoms. The van der Waals surface area contributed by atoms with Crippen molar-refractivity contribution in [3.8, 4) is 0 Å². The summed E-state index contributed by atoms with van der Waals surface area (Å²) < 4.78 is 0. The predicted octanol–water partition coefficient (Wildman–Crippen LogP) is 2.13.